The van der Waals surface area contributed by atoms with E-state index in [0.29, 0.717) is 12.0 Å². The molecular weight excluding hydrogens is 705 g/mol. The van der Waals surface area contributed by atoms with Crippen molar-refractivity contribution in [2.75, 3.05) is 13.1 Å². The van der Waals surface area contributed by atoms with Crippen LogP contribution in [0.5, 0.6) is 0 Å². The van der Waals surface area contributed by atoms with E-state index in [-0.39, 0.29) is 48.5 Å². The number of aliphatic hydroxyl groups is 1. The number of nitrogens with zero attached hydrogens (tertiary/aromatic N) is 5. The van der Waals surface area contributed by atoms with Crippen LogP contribution in [0.2, 0.25) is 0 Å². The molecule has 0 unspecified atom stereocenters. The first-order chi connectivity index (χ1) is 25.8. The summed E-state index contributed by atoms with van der Waals surface area (Å²) >= 11 is 0. The Bertz CT molecular complexity index is 2220. The van der Waals surface area contributed by atoms with Crippen LogP contribution in [0.3, 0.4) is 0 Å². The number of aryl methyl sites for hydroxylation is 1. The fourth-order valence-electron chi connectivity index (χ4n) is 6.69. The van der Waals surface area contributed by atoms with Gasteiger partial charge >= 0.3 is 5.69 Å². The summed E-state index contributed by atoms with van der Waals surface area (Å²) in [5.41, 5.74) is 3.59. The third-order valence-electron chi connectivity index (χ3n) is 9.71. The van der Waals surface area contributed by atoms with Gasteiger partial charge in [0.25, 0.3) is 0 Å². The highest BCUT2D eigenvalue weighted by atomic mass is 32.2. The zero-order chi connectivity index (χ0) is 39.0. The summed E-state index contributed by atoms with van der Waals surface area (Å²) < 4.78 is 32.1. The van der Waals surface area contributed by atoms with Gasteiger partial charge in [0.1, 0.15) is 6.04 Å². The summed E-state index contributed by atoms with van der Waals surface area (Å²) in [6.45, 7) is 9.68. The number of hydrogen-bond acceptors (Lipinski definition) is 8. The number of rotatable bonds is 17. The summed E-state index contributed by atoms with van der Waals surface area (Å²) in [4.78, 5) is 33.1. The maximum atomic E-state index is 14.4. The van der Waals surface area contributed by atoms with Gasteiger partial charge in [-0.1, -0.05) is 99.9 Å². The molecule has 0 fully saturated rings. The minimum Gasteiger partial charge on any atom is -0.411 e. The van der Waals surface area contributed by atoms with Crippen LogP contribution >= 0.6 is 0 Å². The molecule has 54 heavy (non-hydrogen) atoms. The highest BCUT2D eigenvalue weighted by Gasteiger charge is 2.34. The number of oxime groups is 1. The third-order valence-corrected chi connectivity index (χ3v) is 11.6. The van der Waals surface area contributed by atoms with Crippen molar-refractivity contribution in [3.63, 3.8) is 0 Å². The Morgan fingerprint density at radius 2 is 1.67 bits per heavy atom. The van der Waals surface area contributed by atoms with E-state index in [9.17, 15) is 23.1 Å². The SMILES string of the molecule is CC[C@H](C)[C@@H](C(=O)N[C@@H](Cc1ccccc1)[C@H](O)CN(CC(C)C)S(=O)(=O)c1ccc(/C=N/O)cc1)n1ccn(Cc2cc(C)c3ccccc3n2)c1=O. The fourth-order valence-corrected chi connectivity index (χ4v) is 8.31. The first-order valence-corrected chi connectivity index (χ1v) is 19.7. The van der Waals surface area contributed by atoms with E-state index in [1.165, 1.54) is 43.9 Å². The molecule has 13 heteroatoms. The Labute approximate surface area is 316 Å². The van der Waals surface area contributed by atoms with E-state index in [1.807, 2.05) is 95.3 Å². The predicted molar refractivity (Wildman–Crippen MR) is 210 cm³/mol. The minimum absolute atomic E-state index is 0.0175. The van der Waals surface area contributed by atoms with Crippen LogP contribution in [0.1, 0.15) is 62.5 Å². The molecular formula is C41H50N6O6S. The molecule has 286 valence electrons. The van der Waals surface area contributed by atoms with E-state index in [1.54, 1.807) is 12.4 Å². The van der Waals surface area contributed by atoms with Crippen LogP contribution in [-0.2, 0) is 27.8 Å². The van der Waals surface area contributed by atoms with Crippen molar-refractivity contribution in [3.05, 3.63) is 130 Å². The second-order valence-corrected chi connectivity index (χ2v) is 16.2. The molecule has 2 aromatic heterocycles. The standard InChI is InChI=1S/C41H50N6O6S/c1-6-29(4)39(47-21-20-45(41(47)50)26-33-22-30(5)35-14-10-11-15-36(35)43-33)40(49)44-37(23-31-12-8-7-9-13-31)38(48)27-46(25-28(2)3)54(52,53)34-18-16-32(17-19-34)24-42-51/h7-22,24,28-29,37-39,48,51H,6,23,25-27H2,1-5H3,(H,44,49)/b42-24+/t29-,37-,38+,39-/m0/s1. The lowest BCUT2D eigenvalue weighted by atomic mass is 9.96. The van der Waals surface area contributed by atoms with Gasteiger partial charge in [0.15, 0.2) is 0 Å². The molecule has 0 aliphatic rings. The van der Waals surface area contributed by atoms with Crippen LogP contribution in [0.15, 0.2) is 112 Å². The van der Waals surface area contributed by atoms with Gasteiger partial charge in [-0.15, -0.1) is 0 Å². The molecule has 0 radical (unpaired) electrons. The number of carbonyl (C=O) groups is 1. The first kappa shape index (κ1) is 40.1. The van der Waals surface area contributed by atoms with Gasteiger partial charge in [0.05, 0.1) is 41.0 Å². The van der Waals surface area contributed by atoms with Crippen LogP contribution < -0.4 is 11.0 Å². The molecule has 0 aliphatic heterocycles. The topological polar surface area (TPSA) is 159 Å². The summed E-state index contributed by atoms with van der Waals surface area (Å²) in [5.74, 6) is -0.789. The van der Waals surface area contributed by atoms with Crippen molar-refractivity contribution < 1.29 is 23.5 Å². The number of imidazole rings is 1. The molecule has 0 saturated heterocycles. The summed E-state index contributed by atoms with van der Waals surface area (Å²) in [5, 5.41) is 27.8. The molecule has 1 amide bonds. The molecule has 5 rings (SSSR count). The number of hydrogen-bond donors (Lipinski definition) is 3. The second kappa shape index (κ2) is 17.8. The Hall–Kier alpha value is -5.11. The number of sulfonamides is 1. The minimum atomic E-state index is -4.08. The van der Waals surface area contributed by atoms with Gasteiger partial charge in [0.2, 0.25) is 15.9 Å². The summed E-state index contributed by atoms with van der Waals surface area (Å²) in [7, 11) is -4.08. The maximum Gasteiger partial charge on any atom is 0.329 e. The quantitative estimate of drug-likeness (QED) is 0.0653. The molecule has 2 heterocycles. The van der Waals surface area contributed by atoms with Gasteiger partial charge in [-0.25, -0.2) is 13.2 Å². The van der Waals surface area contributed by atoms with E-state index in [0.717, 1.165) is 27.7 Å². The Kier molecular flexibility index (Phi) is 13.2. The Morgan fingerprint density at radius 1 is 0.981 bits per heavy atom. The van der Waals surface area contributed by atoms with E-state index >= 15 is 0 Å². The number of nitrogens with one attached hydrogen (secondary N) is 1. The normalized spacial score (nSPS) is 14.4. The summed E-state index contributed by atoms with van der Waals surface area (Å²) in [6, 6.07) is 23.2. The predicted octanol–water partition coefficient (Wildman–Crippen LogP) is 5.39. The molecule has 12 nitrogen and oxygen atoms in total. The number of benzene rings is 3. The van der Waals surface area contributed by atoms with Gasteiger partial charge < -0.3 is 15.6 Å². The van der Waals surface area contributed by atoms with Crippen molar-refractivity contribution >= 4 is 33.0 Å². The van der Waals surface area contributed by atoms with Gasteiger partial charge in [-0.2, -0.15) is 4.31 Å². The molecule has 4 atom stereocenters. The number of aliphatic hydroxyl groups excluding tert-OH is 1. The van der Waals surface area contributed by atoms with E-state index in [2.05, 4.69) is 10.5 Å². The van der Waals surface area contributed by atoms with Crippen molar-refractivity contribution in [1.29, 1.82) is 0 Å². The Balaban J connectivity index is 1.43. The van der Waals surface area contributed by atoms with E-state index < -0.39 is 34.1 Å². The third kappa shape index (κ3) is 9.51. The van der Waals surface area contributed by atoms with E-state index in [4.69, 9.17) is 10.2 Å². The number of amides is 1. The molecule has 3 N–H and O–H groups in total. The van der Waals surface area contributed by atoms with Gasteiger partial charge in [0, 0.05) is 30.9 Å². The average molecular weight is 755 g/mol. The van der Waals surface area contributed by atoms with Crippen LogP contribution in [0, 0.1) is 18.8 Å². The maximum absolute atomic E-state index is 14.4. The van der Waals surface area contributed by atoms with Gasteiger partial charge in [-0.05, 0) is 66.1 Å². The molecule has 3 aromatic carbocycles. The molecule has 0 bridgehead atoms. The first-order valence-electron chi connectivity index (χ1n) is 18.2. The molecule has 0 saturated carbocycles. The lowest BCUT2D eigenvalue weighted by molar-refractivity contribution is -0.127. The second-order valence-electron chi connectivity index (χ2n) is 14.3. The summed E-state index contributed by atoms with van der Waals surface area (Å²) in [6.07, 6.45) is 3.96. The number of para-hydroxylation sites is 1. The fraction of sp³-hybridized carbons (Fsp3) is 0.366. The highest BCUT2D eigenvalue weighted by Crippen LogP contribution is 2.24. The largest absolute Gasteiger partial charge is 0.411 e. The number of carbonyl (C=O) groups excluding carboxylic acids is 1. The van der Waals surface area contributed by atoms with Crippen LogP contribution in [0.4, 0.5) is 0 Å². The zero-order valence-corrected chi connectivity index (χ0v) is 32.2. The highest BCUT2D eigenvalue weighted by molar-refractivity contribution is 7.89. The monoisotopic (exact) mass is 754 g/mol. The lowest BCUT2D eigenvalue weighted by Crippen LogP contribution is -2.53. The molecule has 0 spiro atoms. The molecule has 0 aliphatic carbocycles. The van der Waals surface area contributed by atoms with Crippen molar-refractivity contribution in [2.45, 2.75) is 77.1 Å². The van der Waals surface area contributed by atoms with Crippen LogP contribution in [0.25, 0.3) is 10.9 Å². The average Bonchev–Trinajstić information content (AvgIpc) is 3.49. The van der Waals surface area contributed by atoms with Crippen molar-refractivity contribution in [2.24, 2.45) is 17.0 Å². The van der Waals surface area contributed by atoms with Crippen LogP contribution in [-0.4, -0.2) is 74.5 Å². The number of fused-ring (bicyclic) bond motifs is 1. The van der Waals surface area contributed by atoms with Gasteiger partial charge in [-0.3, -0.25) is 18.9 Å². The smallest absolute Gasteiger partial charge is 0.329 e. The number of pyridine rings is 1. The van der Waals surface area contributed by atoms with Crippen molar-refractivity contribution in [1.82, 2.24) is 23.7 Å². The van der Waals surface area contributed by atoms with Crippen molar-refractivity contribution in [3.8, 4) is 0 Å². The molecule has 5 aromatic rings. The number of aromatic nitrogens is 3. The lowest BCUT2D eigenvalue weighted by Gasteiger charge is -2.32. The zero-order valence-electron chi connectivity index (χ0n) is 31.4. The Morgan fingerprint density at radius 3 is 2.33 bits per heavy atom.